The zero-order valence-electron chi connectivity index (χ0n) is 11.7. The smallest absolute Gasteiger partial charge is 0.231 e. The van der Waals surface area contributed by atoms with Gasteiger partial charge in [-0.05, 0) is 37.4 Å². The summed E-state index contributed by atoms with van der Waals surface area (Å²) in [7, 11) is 0. The maximum atomic E-state index is 11.9. The van der Waals surface area contributed by atoms with Crippen molar-refractivity contribution in [2.75, 3.05) is 18.4 Å². The van der Waals surface area contributed by atoms with Gasteiger partial charge in [0.25, 0.3) is 0 Å². The van der Waals surface area contributed by atoms with Crippen LogP contribution in [-0.4, -0.2) is 34.1 Å². The van der Waals surface area contributed by atoms with Crippen molar-refractivity contribution in [1.29, 1.82) is 0 Å². The Morgan fingerprint density at radius 2 is 2.14 bits per heavy atom. The number of carbonyl (C=O) groups excluding carboxylic acids is 1. The summed E-state index contributed by atoms with van der Waals surface area (Å²) in [6.45, 7) is 3.12. The second-order valence-electron chi connectivity index (χ2n) is 5.14. The van der Waals surface area contributed by atoms with Crippen molar-refractivity contribution in [1.82, 2.24) is 15.1 Å². The van der Waals surface area contributed by atoms with E-state index in [0.29, 0.717) is 11.6 Å². The van der Waals surface area contributed by atoms with E-state index in [-0.39, 0.29) is 5.91 Å². The lowest BCUT2D eigenvalue weighted by atomic mass is 10.1. The van der Waals surface area contributed by atoms with E-state index >= 15 is 0 Å². The van der Waals surface area contributed by atoms with Crippen molar-refractivity contribution < 1.29 is 4.79 Å². The van der Waals surface area contributed by atoms with Crippen molar-refractivity contribution in [3.63, 3.8) is 0 Å². The molecule has 3 rings (SSSR count). The minimum Gasteiger partial charge on any atom is -0.300 e. The minimum atomic E-state index is -0.0295. The van der Waals surface area contributed by atoms with Gasteiger partial charge in [-0.15, -0.1) is 21.5 Å². The molecule has 0 aliphatic carbocycles. The number of piperidine rings is 1. The Labute approximate surface area is 132 Å². The highest BCUT2D eigenvalue weighted by Gasteiger charge is 2.14. The quantitative estimate of drug-likeness (QED) is 0.919. The third-order valence-electron chi connectivity index (χ3n) is 3.44. The molecule has 0 bridgehead atoms. The fraction of sp³-hybridized carbons (Fsp3) is 0.500. The topological polar surface area (TPSA) is 58.1 Å². The molecule has 0 aromatic carbocycles. The van der Waals surface area contributed by atoms with Crippen LogP contribution in [0.2, 0.25) is 0 Å². The number of rotatable bonds is 5. The second kappa shape index (κ2) is 7.11. The van der Waals surface area contributed by atoms with Gasteiger partial charge in [0.2, 0.25) is 11.0 Å². The van der Waals surface area contributed by atoms with E-state index in [9.17, 15) is 4.79 Å². The van der Waals surface area contributed by atoms with Gasteiger partial charge in [0.15, 0.2) is 0 Å². The SMILES string of the molecule is O=C(Cc1cccs1)Nc1nnc(CN2CCCCC2)s1. The van der Waals surface area contributed by atoms with Crippen molar-refractivity contribution >= 4 is 33.7 Å². The highest BCUT2D eigenvalue weighted by Crippen LogP contribution is 2.19. The molecule has 0 spiro atoms. The maximum absolute atomic E-state index is 11.9. The van der Waals surface area contributed by atoms with E-state index in [1.165, 1.54) is 30.6 Å². The number of hydrogen-bond donors (Lipinski definition) is 1. The number of likely N-dealkylation sites (tertiary alicyclic amines) is 1. The Morgan fingerprint density at radius 3 is 2.90 bits per heavy atom. The highest BCUT2D eigenvalue weighted by atomic mass is 32.1. The molecule has 0 atom stereocenters. The summed E-state index contributed by atoms with van der Waals surface area (Å²) < 4.78 is 0. The fourth-order valence-electron chi connectivity index (χ4n) is 2.41. The first-order chi connectivity index (χ1) is 10.3. The van der Waals surface area contributed by atoms with Gasteiger partial charge in [-0.3, -0.25) is 9.69 Å². The van der Waals surface area contributed by atoms with E-state index in [1.54, 1.807) is 11.3 Å². The molecule has 1 amide bonds. The monoisotopic (exact) mass is 322 g/mol. The van der Waals surface area contributed by atoms with E-state index < -0.39 is 0 Å². The molecule has 2 aromatic rings. The molecule has 7 heteroatoms. The van der Waals surface area contributed by atoms with Crippen LogP contribution in [0.3, 0.4) is 0 Å². The predicted octanol–water partition coefficient (Wildman–Crippen LogP) is 2.77. The zero-order valence-corrected chi connectivity index (χ0v) is 13.4. The highest BCUT2D eigenvalue weighted by molar-refractivity contribution is 7.15. The molecule has 5 nitrogen and oxygen atoms in total. The predicted molar refractivity (Wildman–Crippen MR) is 85.7 cm³/mol. The normalized spacial score (nSPS) is 16.0. The number of thiophene rings is 1. The molecule has 1 N–H and O–H groups in total. The van der Waals surface area contributed by atoms with Gasteiger partial charge in [0, 0.05) is 4.88 Å². The molecule has 0 unspecified atom stereocenters. The summed E-state index contributed by atoms with van der Waals surface area (Å²) in [5.41, 5.74) is 0. The summed E-state index contributed by atoms with van der Waals surface area (Å²) in [6.07, 6.45) is 4.27. The minimum absolute atomic E-state index is 0.0295. The number of amides is 1. The van der Waals surface area contributed by atoms with E-state index in [2.05, 4.69) is 20.4 Å². The Kier molecular flexibility index (Phi) is 4.95. The van der Waals surface area contributed by atoms with E-state index in [4.69, 9.17) is 0 Å². The van der Waals surface area contributed by atoms with Crippen LogP contribution in [-0.2, 0) is 17.8 Å². The molecule has 1 saturated heterocycles. The number of nitrogens with zero attached hydrogens (tertiary/aromatic N) is 3. The molecule has 21 heavy (non-hydrogen) atoms. The Morgan fingerprint density at radius 1 is 1.29 bits per heavy atom. The van der Waals surface area contributed by atoms with Crippen LogP contribution in [0.25, 0.3) is 0 Å². The lowest BCUT2D eigenvalue weighted by molar-refractivity contribution is -0.115. The van der Waals surface area contributed by atoms with Crippen molar-refractivity contribution in [3.05, 3.63) is 27.4 Å². The third-order valence-corrected chi connectivity index (χ3v) is 5.14. The molecule has 2 aromatic heterocycles. The lowest BCUT2D eigenvalue weighted by Gasteiger charge is -2.24. The molecule has 0 saturated carbocycles. The molecule has 112 valence electrons. The van der Waals surface area contributed by atoms with Crippen LogP contribution in [0, 0.1) is 0 Å². The molecular formula is C14H18N4OS2. The van der Waals surface area contributed by atoms with Crippen molar-refractivity contribution in [2.24, 2.45) is 0 Å². The van der Waals surface area contributed by atoms with Crippen LogP contribution in [0.5, 0.6) is 0 Å². The van der Waals surface area contributed by atoms with E-state index in [1.807, 2.05) is 17.5 Å². The first-order valence-electron chi connectivity index (χ1n) is 7.16. The Balaban J connectivity index is 1.51. The van der Waals surface area contributed by atoms with Crippen LogP contribution in [0.4, 0.5) is 5.13 Å². The Hall–Kier alpha value is -1.31. The summed E-state index contributed by atoms with van der Waals surface area (Å²) in [5, 5.41) is 14.6. The number of nitrogens with one attached hydrogen (secondary N) is 1. The van der Waals surface area contributed by atoms with Gasteiger partial charge in [0.1, 0.15) is 5.01 Å². The van der Waals surface area contributed by atoms with Crippen LogP contribution in [0.1, 0.15) is 29.1 Å². The molecule has 1 aliphatic rings. The summed E-state index contributed by atoms with van der Waals surface area (Å²) in [4.78, 5) is 15.4. The van der Waals surface area contributed by atoms with Gasteiger partial charge in [0.05, 0.1) is 13.0 Å². The average molecular weight is 322 g/mol. The summed E-state index contributed by atoms with van der Waals surface area (Å²) in [5.74, 6) is -0.0295. The molecule has 1 aliphatic heterocycles. The first kappa shape index (κ1) is 14.6. The van der Waals surface area contributed by atoms with E-state index in [0.717, 1.165) is 29.5 Å². The second-order valence-corrected chi connectivity index (χ2v) is 7.24. The number of hydrogen-bond acceptors (Lipinski definition) is 6. The molecule has 1 fully saturated rings. The lowest BCUT2D eigenvalue weighted by Crippen LogP contribution is -2.28. The van der Waals surface area contributed by atoms with Gasteiger partial charge >= 0.3 is 0 Å². The third kappa shape index (κ3) is 4.33. The van der Waals surface area contributed by atoms with Crippen molar-refractivity contribution in [2.45, 2.75) is 32.2 Å². The standard InChI is InChI=1S/C14H18N4OS2/c19-12(9-11-5-4-8-20-11)15-14-17-16-13(21-14)10-18-6-2-1-3-7-18/h4-5,8H,1-3,6-7,9-10H2,(H,15,17,19). The van der Waals surface area contributed by atoms with Crippen LogP contribution >= 0.6 is 22.7 Å². The number of anilines is 1. The Bertz CT molecular complexity index is 576. The first-order valence-corrected chi connectivity index (χ1v) is 8.86. The summed E-state index contributed by atoms with van der Waals surface area (Å²) >= 11 is 3.07. The van der Waals surface area contributed by atoms with Gasteiger partial charge in [-0.2, -0.15) is 0 Å². The molecule has 3 heterocycles. The largest absolute Gasteiger partial charge is 0.300 e. The average Bonchev–Trinajstić information content (AvgIpc) is 3.12. The molecule has 0 radical (unpaired) electrons. The van der Waals surface area contributed by atoms with Crippen molar-refractivity contribution in [3.8, 4) is 0 Å². The van der Waals surface area contributed by atoms with Crippen LogP contribution < -0.4 is 5.32 Å². The fourth-order valence-corrected chi connectivity index (χ4v) is 3.91. The van der Waals surface area contributed by atoms with Gasteiger partial charge in [-0.25, -0.2) is 0 Å². The van der Waals surface area contributed by atoms with Gasteiger partial charge < -0.3 is 5.32 Å². The zero-order chi connectivity index (χ0) is 14.5. The maximum Gasteiger partial charge on any atom is 0.231 e. The van der Waals surface area contributed by atoms with Crippen LogP contribution in [0.15, 0.2) is 17.5 Å². The van der Waals surface area contributed by atoms with Gasteiger partial charge in [-0.1, -0.05) is 23.8 Å². The number of aromatic nitrogens is 2. The molecular weight excluding hydrogens is 304 g/mol. The summed E-state index contributed by atoms with van der Waals surface area (Å²) in [6, 6.07) is 3.92. The number of carbonyl (C=O) groups is 1.